The molecule has 0 saturated heterocycles. The Balaban J connectivity index is 2.40. The highest BCUT2D eigenvalue weighted by Gasteiger charge is 2.13. The molecule has 0 saturated carbocycles. The maximum absolute atomic E-state index is 12.9. The van der Waals surface area contributed by atoms with Crippen LogP contribution in [0.15, 0.2) is 24.3 Å². The van der Waals surface area contributed by atoms with Crippen molar-refractivity contribution in [3.63, 3.8) is 0 Å². The van der Waals surface area contributed by atoms with Gasteiger partial charge in [0, 0.05) is 0 Å². The number of carbonyl (C=O) groups excluding carboxylic acids is 1. The second-order valence-electron chi connectivity index (χ2n) is 4.03. The molecule has 0 amide bonds. The number of hydrogen-bond acceptors (Lipinski definition) is 3. The minimum Gasteiger partial charge on any atom is -0.296 e. The summed E-state index contributed by atoms with van der Waals surface area (Å²) < 4.78 is 14.5. The van der Waals surface area contributed by atoms with Gasteiger partial charge >= 0.3 is 0 Å². The number of rotatable bonds is 5. The summed E-state index contributed by atoms with van der Waals surface area (Å²) in [6.07, 6.45) is 3.41. The molecule has 0 spiro atoms. The summed E-state index contributed by atoms with van der Waals surface area (Å²) in [7, 11) is 0. The number of unbranched alkanes of at least 4 members (excludes halogenated alkanes) is 1. The smallest absolute Gasteiger partial charge is 0.172 e. The zero-order chi connectivity index (χ0) is 13.0. The Morgan fingerprint density at radius 2 is 2.06 bits per heavy atom. The van der Waals surface area contributed by atoms with Crippen molar-refractivity contribution in [2.75, 3.05) is 0 Å². The molecule has 0 bridgehead atoms. The van der Waals surface area contributed by atoms with Crippen molar-refractivity contribution in [3.8, 4) is 5.69 Å². The molecule has 5 heteroatoms. The summed E-state index contributed by atoms with van der Waals surface area (Å²) in [6, 6.07) is 5.96. The van der Waals surface area contributed by atoms with E-state index in [9.17, 15) is 9.18 Å². The van der Waals surface area contributed by atoms with E-state index < -0.39 is 0 Å². The third kappa shape index (κ3) is 2.45. The lowest BCUT2D eigenvalue weighted by atomic mass is 10.1. The lowest BCUT2D eigenvalue weighted by Gasteiger charge is -2.06. The third-order valence-corrected chi connectivity index (χ3v) is 2.74. The van der Waals surface area contributed by atoms with Gasteiger partial charge in [-0.05, 0) is 37.1 Å². The first-order valence-corrected chi connectivity index (χ1v) is 5.92. The highest BCUT2D eigenvalue weighted by molar-refractivity contribution is 5.73. The minimum atomic E-state index is -0.301. The Bertz CT molecular complexity index is 534. The van der Waals surface area contributed by atoms with Crippen molar-refractivity contribution >= 4 is 6.29 Å². The van der Waals surface area contributed by atoms with Crippen LogP contribution in [0, 0.1) is 5.82 Å². The van der Waals surface area contributed by atoms with Crippen molar-refractivity contribution in [1.29, 1.82) is 0 Å². The second-order valence-corrected chi connectivity index (χ2v) is 4.03. The van der Waals surface area contributed by atoms with Gasteiger partial charge in [0.05, 0.1) is 11.4 Å². The number of benzene rings is 1. The molecule has 0 fully saturated rings. The highest BCUT2D eigenvalue weighted by Crippen LogP contribution is 2.15. The van der Waals surface area contributed by atoms with Gasteiger partial charge in [-0.15, -0.1) is 5.10 Å². The maximum Gasteiger partial charge on any atom is 0.172 e. The van der Waals surface area contributed by atoms with E-state index in [1.54, 1.807) is 16.8 Å². The predicted molar refractivity (Wildman–Crippen MR) is 65.3 cm³/mol. The van der Waals surface area contributed by atoms with Crippen LogP contribution < -0.4 is 0 Å². The molecular formula is C13H14FN3O. The first kappa shape index (κ1) is 12.4. The molecule has 2 aromatic rings. The first-order chi connectivity index (χ1) is 8.76. The standard InChI is InChI=1S/C13H14FN3O/c1-2-3-4-13-12(9-18)15-16-17(13)11-7-5-10(14)6-8-11/h5-9H,2-4H2,1H3. The number of nitrogens with zero attached hydrogens (tertiary/aromatic N) is 3. The third-order valence-electron chi connectivity index (χ3n) is 2.74. The van der Waals surface area contributed by atoms with Crippen molar-refractivity contribution in [1.82, 2.24) is 15.0 Å². The molecule has 0 atom stereocenters. The van der Waals surface area contributed by atoms with Crippen molar-refractivity contribution < 1.29 is 9.18 Å². The molecule has 0 aliphatic carbocycles. The predicted octanol–water partition coefficient (Wildman–Crippen LogP) is 2.56. The summed E-state index contributed by atoms with van der Waals surface area (Å²) >= 11 is 0. The number of hydrogen-bond donors (Lipinski definition) is 0. The lowest BCUT2D eigenvalue weighted by Crippen LogP contribution is -2.04. The van der Waals surface area contributed by atoms with Crippen LogP contribution in [0.3, 0.4) is 0 Å². The van der Waals surface area contributed by atoms with E-state index in [2.05, 4.69) is 17.2 Å². The highest BCUT2D eigenvalue weighted by atomic mass is 19.1. The van der Waals surface area contributed by atoms with Gasteiger partial charge < -0.3 is 0 Å². The SMILES string of the molecule is CCCCc1c(C=O)nnn1-c1ccc(F)cc1. The van der Waals surface area contributed by atoms with Crippen molar-refractivity contribution in [3.05, 3.63) is 41.5 Å². The molecule has 0 radical (unpaired) electrons. The summed E-state index contributed by atoms with van der Waals surface area (Å²) in [5.41, 5.74) is 1.84. The van der Waals surface area contributed by atoms with Crippen LogP contribution in [0.25, 0.3) is 5.69 Å². The Morgan fingerprint density at radius 1 is 1.33 bits per heavy atom. The van der Waals surface area contributed by atoms with Crippen LogP contribution in [-0.2, 0) is 6.42 Å². The van der Waals surface area contributed by atoms with E-state index in [0.717, 1.165) is 25.0 Å². The van der Waals surface area contributed by atoms with Gasteiger partial charge in [0.1, 0.15) is 11.5 Å². The average molecular weight is 247 g/mol. The van der Waals surface area contributed by atoms with Crippen LogP contribution in [0.1, 0.15) is 35.9 Å². The van der Waals surface area contributed by atoms with Crippen molar-refractivity contribution in [2.24, 2.45) is 0 Å². The lowest BCUT2D eigenvalue weighted by molar-refractivity contribution is 0.111. The molecule has 2 rings (SSSR count). The molecule has 0 unspecified atom stereocenters. The fraction of sp³-hybridized carbons (Fsp3) is 0.308. The minimum absolute atomic E-state index is 0.301. The molecule has 1 heterocycles. The Hall–Kier alpha value is -2.04. The largest absolute Gasteiger partial charge is 0.296 e. The van der Waals surface area contributed by atoms with Gasteiger partial charge in [0.2, 0.25) is 0 Å². The molecule has 18 heavy (non-hydrogen) atoms. The van der Waals surface area contributed by atoms with Crippen LogP contribution in [0.4, 0.5) is 4.39 Å². The zero-order valence-electron chi connectivity index (χ0n) is 10.1. The van der Waals surface area contributed by atoms with Gasteiger partial charge in [-0.25, -0.2) is 9.07 Å². The molecule has 1 aromatic carbocycles. The molecule has 4 nitrogen and oxygen atoms in total. The topological polar surface area (TPSA) is 47.8 Å². The normalized spacial score (nSPS) is 10.6. The van der Waals surface area contributed by atoms with E-state index in [4.69, 9.17) is 0 Å². The Labute approximate surface area is 104 Å². The molecule has 0 aliphatic rings. The number of halogens is 1. The fourth-order valence-electron chi connectivity index (χ4n) is 1.77. The van der Waals surface area contributed by atoms with E-state index in [-0.39, 0.29) is 5.82 Å². The van der Waals surface area contributed by atoms with Gasteiger partial charge in [-0.3, -0.25) is 4.79 Å². The first-order valence-electron chi connectivity index (χ1n) is 5.92. The molecule has 1 aromatic heterocycles. The summed E-state index contributed by atoms with van der Waals surface area (Å²) in [5, 5.41) is 7.79. The quantitative estimate of drug-likeness (QED) is 0.763. The fourth-order valence-corrected chi connectivity index (χ4v) is 1.77. The van der Waals surface area contributed by atoms with Gasteiger partial charge in [-0.1, -0.05) is 18.6 Å². The van der Waals surface area contributed by atoms with Crippen molar-refractivity contribution in [2.45, 2.75) is 26.2 Å². The molecular weight excluding hydrogens is 233 g/mol. The van der Waals surface area contributed by atoms with E-state index in [1.807, 2.05) is 0 Å². The van der Waals surface area contributed by atoms with E-state index >= 15 is 0 Å². The molecule has 0 aliphatic heterocycles. The van der Waals surface area contributed by atoms with Crippen LogP contribution in [0.5, 0.6) is 0 Å². The monoisotopic (exact) mass is 247 g/mol. The van der Waals surface area contributed by atoms with Crippen LogP contribution >= 0.6 is 0 Å². The van der Waals surface area contributed by atoms with Gasteiger partial charge in [0.25, 0.3) is 0 Å². The van der Waals surface area contributed by atoms with Gasteiger partial charge in [0.15, 0.2) is 6.29 Å². The second kappa shape index (κ2) is 5.53. The number of aromatic nitrogens is 3. The zero-order valence-corrected chi connectivity index (χ0v) is 10.1. The number of aldehydes is 1. The molecule has 0 N–H and O–H groups in total. The van der Waals surface area contributed by atoms with E-state index in [0.29, 0.717) is 17.7 Å². The summed E-state index contributed by atoms with van der Waals surface area (Å²) in [5.74, 6) is -0.301. The van der Waals surface area contributed by atoms with E-state index in [1.165, 1.54) is 12.1 Å². The number of carbonyl (C=O) groups is 1. The maximum atomic E-state index is 12.9. The Morgan fingerprint density at radius 3 is 2.67 bits per heavy atom. The van der Waals surface area contributed by atoms with Crippen LogP contribution in [0.2, 0.25) is 0 Å². The summed E-state index contributed by atoms with van der Waals surface area (Å²) in [4.78, 5) is 10.9. The summed E-state index contributed by atoms with van der Waals surface area (Å²) in [6.45, 7) is 2.08. The Kier molecular flexibility index (Phi) is 3.82. The average Bonchev–Trinajstić information content (AvgIpc) is 2.80. The van der Waals surface area contributed by atoms with Crippen LogP contribution in [-0.4, -0.2) is 21.3 Å². The molecule has 94 valence electrons. The van der Waals surface area contributed by atoms with Gasteiger partial charge in [-0.2, -0.15) is 0 Å².